The van der Waals surface area contributed by atoms with Gasteiger partial charge in [-0.3, -0.25) is 4.98 Å². The molecule has 1 aliphatic rings. The first kappa shape index (κ1) is 18.6. The Morgan fingerprint density at radius 2 is 1.82 bits per heavy atom. The Morgan fingerprint density at radius 1 is 1.04 bits per heavy atom. The SMILES string of the molecule is CN(C)CCN1C(=S)N[C@@H](c2ccccn2)[C@@H]1c1cccn1-c1ccccn1. The summed E-state index contributed by atoms with van der Waals surface area (Å²) in [7, 11) is 4.16. The van der Waals surface area contributed by atoms with Crippen molar-refractivity contribution in [2.75, 3.05) is 27.2 Å². The number of likely N-dealkylation sites (N-methyl/N-ethyl adjacent to an activating group) is 1. The number of nitrogens with one attached hydrogen (secondary N) is 1. The predicted octanol–water partition coefficient (Wildman–Crippen LogP) is 2.80. The van der Waals surface area contributed by atoms with E-state index < -0.39 is 0 Å². The highest BCUT2D eigenvalue weighted by molar-refractivity contribution is 7.80. The molecule has 0 aromatic carbocycles. The van der Waals surface area contributed by atoms with E-state index in [1.54, 1.807) is 0 Å². The molecular formula is C21H24N6S. The van der Waals surface area contributed by atoms with E-state index in [2.05, 4.69) is 68.1 Å². The number of hydrogen-bond donors (Lipinski definition) is 1. The third kappa shape index (κ3) is 3.63. The molecule has 0 amide bonds. The van der Waals surface area contributed by atoms with Gasteiger partial charge in [-0.1, -0.05) is 12.1 Å². The van der Waals surface area contributed by atoms with Crippen LogP contribution in [0.25, 0.3) is 5.82 Å². The van der Waals surface area contributed by atoms with Gasteiger partial charge in [-0.15, -0.1) is 0 Å². The molecule has 0 aliphatic carbocycles. The van der Waals surface area contributed by atoms with E-state index in [1.807, 2.05) is 42.7 Å². The van der Waals surface area contributed by atoms with Crippen molar-refractivity contribution in [1.82, 2.24) is 29.7 Å². The fourth-order valence-corrected chi connectivity index (χ4v) is 3.95. The molecule has 4 heterocycles. The van der Waals surface area contributed by atoms with Crippen LogP contribution in [0.3, 0.4) is 0 Å². The molecule has 0 spiro atoms. The monoisotopic (exact) mass is 392 g/mol. The highest BCUT2D eigenvalue weighted by Gasteiger charge is 2.41. The van der Waals surface area contributed by atoms with Crippen LogP contribution in [0.1, 0.15) is 23.5 Å². The Kier molecular flexibility index (Phi) is 5.36. The molecule has 6 nitrogen and oxygen atoms in total. The second-order valence-corrected chi connectivity index (χ2v) is 7.50. The van der Waals surface area contributed by atoms with Crippen molar-refractivity contribution in [2.24, 2.45) is 0 Å². The van der Waals surface area contributed by atoms with E-state index >= 15 is 0 Å². The van der Waals surface area contributed by atoms with E-state index in [0.717, 1.165) is 35.4 Å². The van der Waals surface area contributed by atoms with Crippen molar-refractivity contribution in [3.8, 4) is 5.82 Å². The summed E-state index contributed by atoms with van der Waals surface area (Å²) in [5.74, 6) is 0.896. The molecule has 1 fully saturated rings. The molecule has 3 aromatic rings. The number of pyridine rings is 2. The van der Waals surface area contributed by atoms with Crippen LogP contribution in [0.4, 0.5) is 0 Å². The van der Waals surface area contributed by atoms with Gasteiger partial charge in [0.2, 0.25) is 0 Å². The van der Waals surface area contributed by atoms with Gasteiger partial charge in [-0.25, -0.2) is 4.98 Å². The standard InChI is InChI=1S/C21H24N6S/c1-25(2)14-15-27-20(19(24-21(27)28)16-8-3-5-11-22-16)17-9-7-13-26(17)18-10-4-6-12-23-18/h3-13,19-20H,14-15H2,1-2H3,(H,24,28)/t19-,20-/m0/s1. The van der Waals surface area contributed by atoms with E-state index in [4.69, 9.17) is 12.2 Å². The van der Waals surface area contributed by atoms with Crippen LogP contribution >= 0.6 is 12.2 Å². The fraction of sp³-hybridized carbons (Fsp3) is 0.286. The molecule has 1 N–H and O–H groups in total. The maximum Gasteiger partial charge on any atom is 0.170 e. The molecule has 2 atom stereocenters. The fourth-order valence-electron chi connectivity index (χ4n) is 3.62. The van der Waals surface area contributed by atoms with Crippen molar-refractivity contribution in [1.29, 1.82) is 0 Å². The molecule has 0 unspecified atom stereocenters. The second kappa shape index (κ2) is 8.08. The summed E-state index contributed by atoms with van der Waals surface area (Å²) < 4.78 is 2.14. The Labute approximate surface area is 170 Å². The van der Waals surface area contributed by atoms with Gasteiger partial charge in [-0.05, 0) is 62.7 Å². The van der Waals surface area contributed by atoms with Crippen LogP contribution in [0.2, 0.25) is 0 Å². The molecule has 144 valence electrons. The van der Waals surface area contributed by atoms with Crippen LogP contribution < -0.4 is 5.32 Å². The summed E-state index contributed by atoms with van der Waals surface area (Å²) in [5, 5.41) is 4.26. The lowest BCUT2D eigenvalue weighted by Gasteiger charge is -2.29. The average molecular weight is 393 g/mol. The molecule has 4 rings (SSSR count). The highest BCUT2D eigenvalue weighted by atomic mass is 32.1. The zero-order chi connectivity index (χ0) is 19.5. The molecular weight excluding hydrogens is 368 g/mol. The first-order chi connectivity index (χ1) is 13.6. The van der Waals surface area contributed by atoms with Crippen molar-refractivity contribution in [3.05, 3.63) is 78.5 Å². The number of nitrogens with zero attached hydrogens (tertiary/aromatic N) is 5. The summed E-state index contributed by atoms with van der Waals surface area (Å²) in [6.45, 7) is 1.75. The topological polar surface area (TPSA) is 49.2 Å². The molecule has 0 bridgehead atoms. The molecule has 0 radical (unpaired) electrons. The quantitative estimate of drug-likeness (QED) is 0.651. The summed E-state index contributed by atoms with van der Waals surface area (Å²) in [6, 6.07) is 16.2. The Balaban J connectivity index is 1.77. The van der Waals surface area contributed by atoms with Gasteiger partial charge in [0.15, 0.2) is 5.11 Å². The van der Waals surface area contributed by atoms with E-state index in [0.29, 0.717) is 0 Å². The van der Waals surface area contributed by atoms with Gasteiger partial charge in [0.1, 0.15) is 5.82 Å². The van der Waals surface area contributed by atoms with Crippen molar-refractivity contribution < 1.29 is 0 Å². The third-order valence-electron chi connectivity index (χ3n) is 4.97. The van der Waals surface area contributed by atoms with Gasteiger partial charge in [-0.2, -0.15) is 0 Å². The Hall–Kier alpha value is -2.77. The summed E-state index contributed by atoms with van der Waals surface area (Å²) >= 11 is 5.72. The summed E-state index contributed by atoms with van der Waals surface area (Å²) in [4.78, 5) is 13.6. The maximum atomic E-state index is 5.72. The van der Waals surface area contributed by atoms with Crippen molar-refractivity contribution in [2.45, 2.75) is 12.1 Å². The Bertz CT molecular complexity index is 924. The summed E-state index contributed by atoms with van der Waals surface area (Å²) in [6.07, 6.45) is 5.70. The van der Waals surface area contributed by atoms with Crippen molar-refractivity contribution >= 4 is 17.3 Å². The number of hydrogen-bond acceptors (Lipinski definition) is 4. The van der Waals surface area contributed by atoms with E-state index in [-0.39, 0.29) is 12.1 Å². The highest BCUT2D eigenvalue weighted by Crippen LogP contribution is 2.39. The van der Waals surface area contributed by atoms with E-state index in [9.17, 15) is 0 Å². The lowest BCUT2D eigenvalue weighted by Crippen LogP contribution is -2.36. The number of aromatic nitrogens is 3. The molecule has 3 aromatic heterocycles. The first-order valence-electron chi connectivity index (χ1n) is 9.36. The van der Waals surface area contributed by atoms with Gasteiger partial charge in [0.25, 0.3) is 0 Å². The van der Waals surface area contributed by atoms with Gasteiger partial charge >= 0.3 is 0 Å². The smallest absolute Gasteiger partial charge is 0.170 e. The number of rotatable bonds is 6. The average Bonchev–Trinajstić information content (AvgIpc) is 3.32. The normalized spacial score (nSPS) is 19.2. The van der Waals surface area contributed by atoms with Gasteiger partial charge < -0.3 is 19.7 Å². The van der Waals surface area contributed by atoms with Gasteiger partial charge in [0.05, 0.1) is 17.8 Å². The minimum Gasteiger partial charge on any atom is -0.352 e. The predicted molar refractivity (Wildman–Crippen MR) is 114 cm³/mol. The number of thiocarbonyl (C=S) groups is 1. The van der Waals surface area contributed by atoms with Crippen LogP contribution in [0.5, 0.6) is 0 Å². The molecule has 1 aliphatic heterocycles. The molecule has 0 saturated carbocycles. The largest absolute Gasteiger partial charge is 0.352 e. The van der Waals surface area contributed by atoms with Crippen LogP contribution in [0, 0.1) is 0 Å². The Morgan fingerprint density at radius 3 is 2.50 bits per heavy atom. The van der Waals surface area contributed by atoms with Crippen LogP contribution in [0.15, 0.2) is 67.1 Å². The maximum absolute atomic E-state index is 5.72. The zero-order valence-corrected chi connectivity index (χ0v) is 16.9. The van der Waals surface area contributed by atoms with Crippen molar-refractivity contribution in [3.63, 3.8) is 0 Å². The van der Waals surface area contributed by atoms with Crippen LogP contribution in [-0.2, 0) is 0 Å². The zero-order valence-electron chi connectivity index (χ0n) is 16.1. The van der Waals surface area contributed by atoms with Crippen LogP contribution in [-0.4, -0.2) is 56.6 Å². The molecule has 7 heteroatoms. The van der Waals surface area contributed by atoms with Gasteiger partial charge in [0, 0.05) is 37.4 Å². The minimum atomic E-state index is -0.0202. The lowest BCUT2D eigenvalue weighted by atomic mass is 10.0. The minimum absolute atomic E-state index is 0.0202. The molecule has 1 saturated heterocycles. The second-order valence-electron chi connectivity index (χ2n) is 7.11. The lowest BCUT2D eigenvalue weighted by molar-refractivity contribution is 0.272. The van der Waals surface area contributed by atoms with E-state index in [1.165, 1.54) is 0 Å². The summed E-state index contributed by atoms with van der Waals surface area (Å²) in [5.41, 5.74) is 2.12. The molecule has 28 heavy (non-hydrogen) atoms. The first-order valence-corrected chi connectivity index (χ1v) is 9.77. The third-order valence-corrected chi connectivity index (χ3v) is 5.32.